The van der Waals surface area contributed by atoms with Gasteiger partial charge in [0.1, 0.15) is 10.8 Å². The average Bonchev–Trinajstić information content (AvgIpc) is 2.94. The minimum absolute atomic E-state index is 0.136. The van der Waals surface area contributed by atoms with Gasteiger partial charge in [-0.3, -0.25) is 0 Å². The highest BCUT2D eigenvalue weighted by Gasteiger charge is 2.08. The number of hydrogen-bond acceptors (Lipinski definition) is 6. The quantitative estimate of drug-likeness (QED) is 0.847. The van der Waals surface area contributed by atoms with Gasteiger partial charge in [0, 0.05) is 25.2 Å². The van der Waals surface area contributed by atoms with Crippen molar-refractivity contribution in [3.8, 4) is 0 Å². The smallest absolute Gasteiger partial charge is 0.126 e. The molecule has 1 unspecified atom stereocenters. The molecule has 0 spiro atoms. The molecule has 2 heterocycles. The van der Waals surface area contributed by atoms with Gasteiger partial charge in [-0.15, -0.1) is 11.3 Å². The van der Waals surface area contributed by atoms with E-state index in [1.54, 1.807) is 23.7 Å². The maximum absolute atomic E-state index is 8.90. The molecule has 2 aromatic rings. The van der Waals surface area contributed by atoms with E-state index in [1.807, 2.05) is 29.5 Å². The monoisotopic (exact) mass is 278 g/mol. The van der Waals surface area contributed by atoms with Gasteiger partial charge in [-0.2, -0.15) is 0 Å². The van der Waals surface area contributed by atoms with Crippen molar-refractivity contribution in [3.05, 3.63) is 34.9 Å². The van der Waals surface area contributed by atoms with Crippen LogP contribution in [-0.4, -0.2) is 35.3 Å². The zero-order valence-corrected chi connectivity index (χ0v) is 11.9. The van der Waals surface area contributed by atoms with Gasteiger partial charge in [0.15, 0.2) is 0 Å². The highest BCUT2D eigenvalue weighted by molar-refractivity contribution is 7.09. The SMILES string of the molecule is CC(Nc1ccc(N(C)CCO)cn1)c1nccs1. The third-order valence-corrected chi connectivity index (χ3v) is 3.77. The minimum atomic E-state index is 0.136. The summed E-state index contributed by atoms with van der Waals surface area (Å²) in [6.07, 6.45) is 3.60. The summed E-state index contributed by atoms with van der Waals surface area (Å²) in [5, 5.41) is 15.2. The molecule has 0 aliphatic rings. The van der Waals surface area contributed by atoms with Crippen LogP contribution in [0, 0.1) is 0 Å². The van der Waals surface area contributed by atoms with Gasteiger partial charge in [0.25, 0.3) is 0 Å². The van der Waals surface area contributed by atoms with Gasteiger partial charge in [-0.25, -0.2) is 9.97 Å². The van der Waals surface area contributed by atoms with Gasteiger partial charge >= 0.3 is 0 Å². The summed E-state index contributed by atoms with van der Waals surface area (Å²) in [5.74, 6) is 0.823. The van der Waals surface area contributed by atoms with Crippen molar-refractivity contribution in [2.45, 2.75) is 13.0 Å². The summed E-state index contributed by atoms with van der Waals surface area (Å²) < 4.78 is 0. The van der Waals surface area contributed by atoms with Crippen LogP contribution in [0.25, 0.3) is 0 Å². The molecule has 0 aliphatic carbocycles. The van der Waals surface area contributed by atoms with Crippen molar-refractivity contribution in [3.63, 3.8) is 0 Å². The Bertz CT molecular complexity index is 486. The lowest BCUT2D eigenvalue weighted by molar-refractivity contribution is 0.304. The molecule has 0 aliphatic heterocycles. The molecular weight excluding hydrogens is 260 g/mol. The molecule has 0 amide bonds. The number of pyridine rings is 1. The molecule has 0 radical (unpaired) electrons. The maximum atomic E-state index is 8.90. The number of anilines is 2. The molecule has 0 aromatic carbocycles. The standard InChI is InChI=1S/C13H18N4OS/c1-10(13-14-5-8-19-13)16-12-4-3-11(9-15-12)17(2)6-7-18/h3-5,8-10,18H,6-7H2,1-2H3,(H,15,16). The van der Waals surface area contributed by atoms with Crippen LogP contribution in [0.2, 0.25) is 0 Å². The zero-order valence-electron chi connectivity index (χ0n) is 11.1. The van der Waals surface area contributed by atoms with E-state index < -0.39 is 0 Å². The molecule has 6 heteroatoms. The van der Waals surface area contributed by atoms with E-state index >= 15 is 0 Å². The Morgan fingerprint density at radius 3 is 2.84 bits per heavy atom. The van der Waals surface area contributed by atoms with Gasteiger partial charge < -0.3 is 15.3 Å². The fourth-order valence-electron chi connectivity index (χ4n) is 1.71. The largest absolute Gasteiger partial charge is 0.395 e. The Morgan fingerprint density at radius 1 is 1.42 bits per heavy atom. The third kappa shape index (κ3) is 3.65. The number of aliphatic hydroxyl groups excluding tert-OH is 1. The van der Waals surface area contributed by atoms with E-state index in [0.29, 0.717) is 6.54 Å². The van der Waals surface area contributed by atoms with Crippen LogP contribution >= 0.6 is 11.3 Å². The molecule has 0 bridgehead atoms. The lowest BCUT2D eigenvalue weighted by atomic mass is 10.3. The molecule has 5 nitrogen and oxygen atoms in total. The third-order valence-electron chi connectivity index (χ3n) is 2.81. The van der Waals surface area contributed by atoms with Crippen LogP contribution in [0.5, 0.6) is 0 Å². The molecule has 2 N–H and O–H groups in total. The Balaban J connectivity index is 1.99. The molecule has 0 saturated heterocycles. The first-order valence-corrected chi connectivity index (χ1v) is 7.02. The van der Waals surface area contributed by atoms with Gasteiger partial charge in [0.05, 0.1) is 24.5 Å². The van der Waals surface area contributed by atoms with E-state index in [1.165, 1.54) is 0 Å². The normalized spacial score (nSPS) is 12.2. The molecule has 1 atom stereocenters. The predicted octanol–water partition coefficient (Wildman–Crippen LogP) is 2.14. The predicted molar refractivity (Wildman–Crippen MR) is 78.7 cm³/mol. The van der Waals surface area contributed by atoms with Crippen molar-refractivity contribution in [2.75, 3.05) is 30.4 Å². The number of nitrogens with one attached hydrogen (secondary N) is 1. The van der Waals surface area contributed by atoms with Crippen LogP contribution in [-0.2, 0) is 0 Å². The van der Waals surface area contributed by atoms with Crippen molar-refractivity contribution >= 4 is 22.8 Å². The highest BCUT2D eigenvalue weighted by Crippen LogP contribution is 2.20. The Kier molecular flexibility index (Phi) is 4.70. The fourth-order valence-corrected chi connectivity index (χ4v) is 2.35. The first kappa shape index (κ1) is 13.8. The Morgan fingerprint density at radius 2 is 2.26 bits per heavy atom. The van der Waals surface area contributed by atoms with Crippen LogP contribution < -0.4 is 10.2 Å². The molecule has 19 heavy (non-hydrogen) atoms. The van der Waals surface area contributed by atoms with Gasteiger partial charge in [-0.05, 0) is 19.1 Å². The van der Waals surface area contributed by atoms with Gasteiger partial charge in [0.2, 0.25) is 0 Å². The number of rotatable bonds is 6. The number of hydrogen-bond donors (Lipinski definition) is 2. The van der Waals surface area contributed by atoms with Gasteiger partial charge in [-0.1, -0.05) is 0 Å². The van der Waals surface area contributed by atoms with E-state index in [2.05, 4.69) is 22.2 Å². The highest BCUT2D eigenvalue weighted by atomic mass is 32.1. The van der Waals surface area contributed by atoms with E-state index in [0.717, 1.165) is 16.5 Å². The first-order valence-electron chi connectivity index (χ1n) is 6.14. The lowest BCUT2D eigenvalue weighted by Crippen LogP contribution is -2.21. The van der Waals surface area contributed by atoms with Crippen molar-refractivity contribution in [1.29, 1.82) is 0 Å². The average molecular weight is 278 g/mol. The number of thiazole rings is 1. The topological polar surface area (TPSA) is 61.3 Å². The maximum Gasteiger partial charge on any atom is 0.126 e. The summed E-state index contributed by atoms with van der Waals surface area (Å²) in [4.78, 5) is 10.6. The second kappa shape index (κ2) is 6.49. The summed E-state index contributed by atoms with van der Waals surface area (Å²) >= 11 is 1.63. The first-order chi connectivity index (χ1) is 9.20. The Hall–Kier alpha value is -1.66. The number of aromatic nitrogens is 2. The van der Waals surface area contributed by atoms with E-state index in [9.17, 15) is 0 Å². The molecule has 0 saturated carbocycles. The van der Waals surface area contributed by atoms with Crippen LogP contribution in [0.15, 0.2) is 29.9 Å². The van der Waals surface area contributed by atoms with E-state index in [-0.39, 0.29) is 12.6 Å². The van der Waals surface area contributed by atoms with Crippen molar-refractivity contribution in [1.82, 2.24) is 9.97 Å². The fraction of sp³-hybridized carbons (Fsp3) is 0.385. The number of likely N-dealkylation sites (N-methyl/N-ethyl adjacent to an activating group) is 1. The Labute approximate surface area is 116 Å². The number of aliphatic hydroxyl groups is 1. The lowest BCUT2D eigenvalue weighted by Gasteiger charge is -2.18. The molecule has 2 rings (SSSR count). The molecule has 102 valence electrons. The van der Waals surface area contributed by atoms with Crippen LogP contribution in [0.3, 0.4) is 0 Å². The summed E-state index contributed by atoms with van der Waals surface area (Å²) in [6.45, 7) is 2.80. The minimum Gasteiger partial charge on any atom is -0.395 e. The number of nitrogens with zero attached hydrogens (tertiary/aromatic N) is 3. The van der Waals surface area contributed by atoms with Crippen LogP contribution in [0.1, 0.15) is 18.0 Å². The van der Waals surface area contributed by atoms with Crippen LogP contribution in [0.4, 0.5) is 11.5 Å². The second-order valence-electron chi connectivity index (χ2n) is 4.28. The summed E-state index contributed by atoms with van der Waals surface area (Å²) in [5.41, 5.74) is 0.988. The van der Waals surface area contributed by atoms with Crippen molar-refractivity contribution < 1.29 is 5.11 Å². The second-order valence-corrected chi connectivity index (χ2v) is 5.21. The summed E-state index contributed by atoms with van der Waals surface area (Å²) in [6, 6.07) is 4.07. The van der Waals surface area contributed by atoms with E-state index in [4.69, 9.17) is 5.11 Å². The molecular formula is C13H18N4OS. The zero-order chi connectivity index (χ0) is 13.7. The molecule has 2 aromatic heterocycles. The summed E-state index contributed by atoms with van der Waals surface area (Å²) in [7, 11) is 1.93. The molecule has 0 fully saturated rings. The van der Waals surface area contributed by atoms with Crippen molar-refractivity contribution in [2.24, 2.45) is 0 Å².